The molecule has 0 unspecified atom stereocenters. The average Bonchev–Trinajstić information content (AvgIpc) is 2.37. The van der Waals surface area contributed by atoms with Crippen LogP contribution in [0.5, 0.6) is 11.5 Å². The summed E-state index contributed by atoms with van der Waals surface area (Å²) >= 11 is 11.9. The van der Waals surface area contributed by atoms with Crippen molar-refractivity contribution in [3.8, 4) is 11.5 Å². The predicted molar refractivity (Wildman–Crippen MR) is 75.7 cm³/mol. The van der Waals surface area contributed by atoms with Crippen molar-refractivity contribution in [3.05, 3.63) is 58.1 Å². The third-order valence-corrected chi connectivity index (χ3v) is 2.97. The summed E-state index contributed by atoms with van der Waals surface area (Å²) in [7, 11) is 1.91. The molecule has 2 aromatic carbocycles. The fourth-order valence-electron chi connectivity index (χ4n) is 1.56. The van der Waals surface area contributed by atoms with Gasteiger partial charge in [0.25, 0.3) is 0 Å². The van der Waals surface area contributed by atoms with Gasteiger partial charge >= 0.3 is 0 Å². The number of nitrogens with one attached hydrogen (secondary N) is 1. The Kier molecular flexibility index (Phi) is 4.48. The fourth-order valence-corrected chi connectivity index (χ4v) is 1.88. The van der Waals surface area contributed by atoms with Gasteiger partial charge in [0.15, 0.2) is 0 Å². The molecule has 0 aliphatic rings. The zero-order valence-electron chi connectivity index (χ0n) is 9.91. The van der Waals surface area contributed by atoms with Gasteiger partial charge < -0.3 is 10.1 Å². The van der Waals surface area contributed by atoms with Crippen LogP contribution in [0.2, 0.25) is 10.0 Å². The van der Waals surface area contributed by atoms with E-state index >= 15 is 0 Å². The maximum atomic E-state index is 6.03. The number of benzene rings is 2. The molecular formula is C14H13Cl2NO. The minimum absolute atomic E-state index is 0.540. The molecule has 0 radical (unpaired) electrons. The highest BCUT2D eigenvalue weighted by Gasteiger charge is 2.04. The number of hydrogen-bond acceptors (Lipinski definition) is 2. The van der Waals surface area contributed by atoms with Gasteiger partial charge in [-0.3, -0.25) is 0 Å². The van der Waals surface area contributed by atoms with Gasteiger partial charge in [-0.15, -0.1) is 0 Å². The maximum absolute atomic E-state index is 6.03. The van der Waals surface area contributed by atoms with Crippen LogP contribution in [0.3, 0.4) is 0 Å². The van der Waals surface area contributed by atoms with Crippen LogP contribution in [0.4, 0.5) is 0 Å². The van der Waals surface area contributed by atoms with Crippen LogP contribution in [-0.4, -0.2) is 7.05 Å². The monoisotopic (exact) mass is 281 g/mol. The van der Waals surface area contributed by atoms with Gasteiger partial charge in [0.2, 0.25) is 0 Å². The van der Waals surface area contributed by atoms with Gasteiger partial charge in [0.05, 0.1) is 5.02 Å². The van der Waals surface area contributed by atoms with Crippen molar-refractivity contribution >= 4 is 23.2 Å². The van der Waals surface area contributed by atoms with Crippen molar-refractivity contribution in [2.75, 3.05) is 7.05 Å². The summed E-state index contributed by atoms with van der Waals surface area (Å²) < 4.78 is 5.69. The topological polar surface area (TPSA) is 21.3 Å². The quantitative estimate of drug-likeness (QED) is 0.891. The van der Waals surface area contributed by atoms with E-state index in [0.717, 1.165) is 12.3 Å². The van der Waals surface area contributed by atoms with Gasteiger partial charge in [0.1, 0.15) is 11.5 Å². The first-order chi connectivity index (χ1) is 8.69. The molecule has 0 saturated carbocycles. The van der Waals surface area contributed by atoms with Crippen LogP contribution < -0.4 is 10.1 Å². The van der Waals surface area contributed by atoms with Gasteiger partial charge in [-0.05, 0) is 36.9 Å². The second-order valence-corrected chi connectivity index (χ2v) is 4.69. The lowest BCUT2D eigenvalue weighted by Gasteiger charge is -2.08. The van der Waals surface area contributed by atoms with E-state index in [4.69, 9.17) is 27.9 Å². The largest absolute Gasteiger partial charge is 0.456 e. The summed E-state index contributed by atoms with van der Waals surface area (Å²) in [6.07, 6.45) is 0. The molecule has 0 spiro atoms. The normalized spacial score (nSPS) is 10.4. The van der Waals surface area contributed by atoms with Crippen molar-refractivity contribution in [1.82, 2.24) is 5.32 Å². The molecule has 2 nitrogen and oxygen atoms in total. The molecule has 2 aromatic rings. The van der Waals surface area contributed by atoms with Gasteiger partial charge in [0, 0.05) is 17.6 Å². The summed E-state index contributed by atoms with van der Waals surface area (Å²) in [4.78, 5) is 0. The van der Waals surface area contributed by atoms with Crippen LogP contribution in [0.1, 0.15) is 5.56 Å². The highest BCUT2D eigenvalue weighted by molar-refractivity contribution is 6.34. The molecule has 0 aliphatic carbocycles. The highest BCUT2D eigenvalue weighted by Crippen LogP contribution is 2.31. The van der Waals surface area contributed by atoms with Crippen LogP contribution in [0.15, 0.2) is 42.5 Å². The lowest BCUT2D eigenvalue weighted by molar-refractivity contribution is 0.482. The lowest BCUT2D eigenvalue weighted by Crippen LogP contribution is -2.04. The maximum Gasteiger partial charge on any atom is 0.147 e. The van der Waals surface area contributed by atoms with Crippen molar-refractivity contribution in [3.63, 3.8) is 0 Å². The molecule has 0 atom stereocenters. The van der Waals surface area contributed by atoms with Crippen molar-refractivity contribution in [2.45, 2.75) is 6.54 Å². The zero-order valence-corrected chi connectivity index (χ0v) is 11.4. The molecule has 0 heterocycles. The van der Waals surface area contributed by atoms with E-state index in [-0.39, 0.29) is 0 Å². The fraction of sp³-hybridized carbons (Fsp3) is 0.143. The number of ether oxygens (including phenoxy) is 1. The highest BCUT2D eigenvalue weighted by atomic mass is 35.5. The Bertz CT molecular complexity index is 526. The molecule has 0 bridgehead atoms. The average molecular weight is 282 g/mol. The van der Waals surface area contributed by atoms with E-state index in [1.54, 1.807) is 18.2 Å². The first-order valence-electron chi connectivity index (χ1n) is 5.55. The predicted octanol–water partition coefficient (Wildman–Crippen LogP) is 4.51. The summed E-state index contributed by atoms with van der Waals surface area (Å²) in [6, 6.07) is 13.0. The SMILES string of the molecule is CNCc1ccc(Oc2cc(Cl)ccc2Cl)cc1. The molecule has 2 rings (SSSR count). The van der Waals surface area contributed by atoms with E-state index in [9.17, 15) is 0 Å². The third-order valence-electron chi connectivity index (χ3n) is 2.43. The Morgan fingerprint density at radius 1 is 1.06 bits per heavy atom. The van der Waals surface area contributed by atoms with Crippen LogP contribution >= 0.6 is 23.2 Å². The zero-order chi connectivity index (χ0) is 13.0. The molecule has 94 valence electrons. The second kappa shape index (κ2) is 6.10. The van der Waals surface area contributed by atoms with E-state index in [0.29, 0.717) is 15.8 Å². The molecule has 4 heteroatoms. The Hall–Kier alpha value is -1.22. The molecule has 0 fully saturated rings. The Balaban J connectivity index is 2.15. The van der Waals surface area contributed by atoms with Crippen molar-refractivity contribution < 1.29 is 4.74 Å². The van der Waals surface area contributed by atoms with Crippen LogP contribution in [0.25, 0.3) is 0 Å². The van der Waals surface area contributed by atoms with E-state index in [1.165, 1.54) is 5.56 Å². The van der Waals surface area contributed by atoms with Crippen LogP contribution in [-0.2, 0) is 6.54 Å². The molecule has 0 saturated heterocycles. The van der Waals surface area contributed by atoms with Gasteiger partial charge in [-0.1, -0.05) is 35.3 Å². The number of hydrogen-bond donors (Lipinski definition) is 1. The first kappa shape index (κ1) is 13.2. The number of halogens is 2. The number of rotatable bonds is 4. The third kappa shape index (κ3) is 3.39. The Morgan fingerprint density at radius 3 is 2.44 bits per heavy atom. The van der Waals surface area contributed by atoms with E-state index in [1.807, 2.05) is 31.3 Å². The Labute approximate surface area is 116 Å². The Morgan fingerprint density at radius 2 is 1.78 bits per heavy atom. The molecule has 0 aromatic heterocycles. The van der Waals surface area contributed by atoms with Crippen LogP contribution in [0, 0.1) is 0 Å². The van der Waals surface area contributed by atoms with Crippen molar-refractivity contribution in [1.29, 1.82) is 0 Å². The minimum atomic E-state index is 0.540. The van der Waals surface area contributed by atoms with Gasteiger partial charge in [-0.25, -0.2) is 0 Å². The molecule has 18 heavy (non-hydrogen) atoms. The van der Waals surface area contributed by atoms with E-state index < -0.39 is 0 Å². The standard InChI is InChI=1S/C14H13Cl2NO/c1-17-9-10-2-5-12(6-3-10)18-14-8-11(15)4-7-13(14)16/h2-8,17H,9H2,1H3. The molecular weight excluding hydrogens is 269 g/mol. The summed E-state index contributed by atoms with van der Waals surface area (Å²) in [5.41, 5.74) is 1.20. The lowest BCUT2D eigenvalue weighted by atomic mass is 10.2. The summed E-state index contributed by atoms with van der Waals surface area (Å²) in [5.74, 6) is 1.30. The molecule has 0 aliphatic heterocycles. The first-order valence-corrected chi connectivity index (χ1v) is 6.31. The summed E-state index contributed by atoms with van der Waals surface area (Å²) in [6.45, 7) is 0.832. The smallest absolute Gasteiger partial charge is 0.147 e. The minimum Gasteiger partial charge on any atom is -0.456 e. The van der Waals surface area contributed by atoms with Crippen molar-refractivity contribution in [2.24, 2.45) is 0 Å². The van der Waals surface area contributed by atoms with E-state index in [2.05, 4.69) is 5.32 Å². The second-order valence-electron chi connectivity index (χ2n) is 3.85. The summed E-state index contributed by atoms with van der Waals surface area (Å²) in [5, 5.41) is 4.23. The van der Waals surface area contributed by atoms with Gasteiger partial charge in [-0.2, -0.15) is 0 Å². The molecule has 1 N–H and O–H groups in total. The molecule has 0 amide bonds.